The fourth-order valence-corrected chi connectivity index (χ4v) is 4.11. The number of rotatable bonds is 5. The van der Waals surface area contributed by atoms with E-state index in [1.807, 2.05) is 18.2 Å². The maximum absolute atomic E-state index is 12.7. The van der Waals surface area contributed by atoms with Crippen LogP contribution in [0.15, 0.2) is 34.2 Å². The molecule has 0 amide bonds. The highest BCUT2D eigenvalue weighted by Gasteiger charge is 2.25. The van der Waals surface area contributed by atoms with Gasteiger partial charge in [0, 0.05) is 19.6 Å². The van der Waals surface area contributed by atoms with Gasteiger partial charge in [-0.3, -0.25) is 14.2 Å². The van der Waals surface area contributed by atoms with Gasteiger partial charge in [0.25, 0.3) is 5.56 Å². The van der Waals surface area contributed by atoms with Crippen molar-refractivity contribution in [3.63, 3.8) is 0 Å². The molecule has 1 atom stereocenters. The van der Waals surface area contributed by atoms with E-state index < -0.39 is 0 Å². The first kappa shape index (κ1) is 16.2. The summed E-state index contributed by atoms with van der Waals surface area (Å²) in [5, 5.41) is 10.1. The quantitative estimate of drug-likeness (QED) is 0.851. The minimum absolute atomic E-state index is 0.0196. The highest BCUT2D eigenvalue weighted by atomic mass is 32.2. The monoisotopic (exact) mass is 332 g/mol. The normalized spacial score (nSPS) is 18.5. The molecule has 0 spiro atoms. The van der Waals surface area contributed by atoms with Crippen molar-refractivity contribution in [2.75, 3.05) is 6.61 Å². The predicted octanol–water partition coefficient (Wildman–Crippen LogP) is 2.38. The second-order valence-electron chi connectivity index (χ2n) is 5.76. The van der Waals surface area contributed by atoms with Crippen molar-refractivity contribution in [3.05, 3.63) is 34.6 Å². The molecule has 1 N–H and O–H groups in total. The lowest BCUT2D eigenvalue weighted by Crippen LogP contribution is -2.27. The Morgan fingerprint density at radius 3 is 2.87 bits per heavy atom. The maximum Gasteiger partial charge on any atom is 0.262 e. The minimum Gasteiger partial charge on any atom is -0.396 e. The first-order chi connectivity index (χ1) is 11.2. The maximum atomic E-state index is 12.7. The second kappa shape index (κ2) is 7.27. The summed E-state index contributed by atoms with van der Waals surface area (Å²) < 4.78 is 1.60. The number of aromatic nitrogens is 2. The van der Waals surface area contributed by atoms with Crippen molar-refractivity contribution < 1.29 is 9.90 Å². The number of hydrogen-bond acceptors (Lipinski definition) is 5. The summed E-state index contributed by atoms with van der Waals surface area (Å²) in [4.78, 5) is 29.4. The van der Waals surface area contributed by atoms with Crippen molar-refractivity contribution in [2.45, 2.75) is 49.1 Å². The Bertz CT molecular complexity index is 772. The van der Waals surface area contributed by atoms with Gasteiger partial charge in [0.1, 0.15) is 5.78 Å². The number of aliphatic hydroxyl groups excluding tert-OH is 1. The Morgan fingerprint density at radius 2 is 2.09 bits per heavy atom. The lowest BCUT2D eigenvalue weighted by atomic mass is 9.99. The van der Waals surface area contributed by atoms with Gasteiger partial charge in [-0.15, -0.1) is 0 Å². The van der Waals surface area contributed by atoms with Crippen molar-refractivity contribution in [2.24, 2.45) is 0 Å². The van der Waals surface area contributed by atoms with E-state index in [0.29, 0.717) is 35.4 Å². The number of fused-ring (bicyclic) bond motifs is 1. The topological polar surface area (TPSA) is 72.2 Å². The number of carbonyl (C=O) groups excluding carboxylic acids is 1. The molecule has 1 saturated carbocycles. The van der Waals surface area contributed by atoms with E-state index in [2.05, 4.69) is 4.98 Å². The van der Waals surface area contributed by atoms with Gasteiger partial charge in [0.2, 0.25) is 0 Å². The van der Waals surface area contributed by atoms with Crippen LogP contribution in [0, 0.1) is 0 Å². The molecule has 1 aliphatic carbocycles. The fraction of sp³-hybridized carbons (Fsp3) is 0.471. The van der Waals surface area contributed by atoms with Gasteiger partial charge in [-0.1, -0.05) is 30.3 Å². The van der Waals surface area contributed by atoms with Gasteiger partial charge in [-0.2, -0.15) is 0 Å². The van der Waals surface area contributed by atoms with Crippen LogP contribution in [-0.4, -0.2) is 32.3 Å². The van der Waals surface area contributed by atoms with Crippen LogP contribution in [0.25, 0.3) is 10.9 Å². The van der Waals surface area contributed by atoms with Crippen LogP contribution in [0.4, 0.5) is 0 Å². The zero-order valence-electron chi connectivity index (χ0n) is 12.9. The Morgan fingerprint density at radius 1 is 1.26 bits per heavy atom. The number of carbonyl (C=O) groups is 1. The fourth-order valence-electron chi connectivity index (χ4n) is 2.87. The first-order valence-electron chi connectivity index (χ1n) is 8.00. The minimum atomic E-state index is -0.114. The van der Waals surface area contributed by atoms with Gasteiger partial charge in [0.15, 0.2) is 5.16 Å². The summed E-state index contributed by atoms with van der Waals surface area (Å²) in [6.45, 7) is 0.433. The molecule has 1 aromatic heterocycles. The number of benzene rings is 1. The van der Waals surface area contributed by atoms with Gasteiger partial charge in [-0.05, 0) is 31.4 Å². The summed E-state index contributed by atoms with van der Waals surface area (Å²) in [6, 6.07) is 7.26. The molecule has 1 aliphatic rings. The summed E-state index contributed by atoms with van der Waals surface area (Å²) in [7, 11) is 0. The summed E-state index contributed by atoms with van der Waals surface area (Å²) in [5.41, 5.74) is 0.554. The molecule has 1 fully saturated rings. The van der Waals surface area contributed by atoms with E-state index in [-0.39, 0.29) is 23.2 Å². The smallest absolute Gasteiger partial charge is 0.262 e. The zero-order valence-corrected chi connectivity index (χ0v) is 13.7. The second-order valence-corrected chi connectivity index (χ2v) is 6.93. The molecule has 0 saturated heterocycles. The van der Waals surface area contributed by atoms with Crippen LogP contribution in [0.1, 0.15) is 32.1 Å². The van der Waals surface area contributed by atoms with Crippen molar-refractivity contribution in [1.82, 2.24) is 9.55 Å². The van der Waals surface area contributed by atoms with Crippen LogP contribution < -0.4 is 5.56 Å². The van der Waals surface area contributed by atoms with E-state index in [1.165, 1.54) is 11.8 Å². The number of nitrogens with zero attached hydrogens (tertiary/aromatic N) is 2. The average Bonchev–Trinajstić information content (AvgIpc) is 2.57. The van der Waals surface area contributed by atoms with Gasteiger partial charge < -0.3 is 5.11 Å². The third-order valence-electron chi connectivity index (χ3n) is 4.11. The highest BCUT2D eigenvalue weighted by molar-refractivity contribution is 8.00. The van der Waals surface area contributed by atoms with Gasteiger partial charge >= 0.3 is 0 Å². The van der Waals surface area contributed by atoms with Crippen molar-refractivity contribution in [1.29, 1.82) is 0 Å². The summed E-state index contributed by atoms with van der Waals surface area (Å²) >= 11 is 1.40. The van der Waals surface area contributed by atoms with E-state index in [4.69, 9.17) is 5.11 Å². The Labute approximate surface area is 138 Å². The number of para-hydroxylation sites is 1. The molecule has 1 heterocycles. The number of Topliss-reactive ketones (excluding diaryl/α,β-unsaturated/α-hetero) is 1. The number of thioether (sulfide) groups is 1. The number of ketones is 1. The molecule has 1 aromatic carbocycles. The predicted molar refractivity (Wildman–Crippen MR) is 90.8 cm³/mol. The molecule has 0 aliphatic heterocycles. The van der Waals surface area contributed by atoms with Crippen molar-refractivity contribution >= 4 is 28.4 Å². The van der Waals surface area contributed by atoms with E-state index in [0.717, 1.165) is 19.3 Å². The lowest BCUT2D eigenvalue weighted by molar-refractivity contribution is -0.119. The van der Waals surface area contributed by atoms with E-state index in [1.54, 1.807) is 10.6 Å². The SMILES string of the molecule is O=C1CCCCC1Sc1nc2ccccc2c(=O)n1CCCO. The molecule has 3 rings (SSSR count). The molecule has 1 unspecified atom stereocenters. The van der Waals surface area contributed by atoms with Crippen LogP contribution in [0.3, 0.4) is 0 Å². The van der Waals surface area contributed by atoms with Crippen LogP contribution in [-0.2, 0) is 11.3 Å². The van der Waals surface area contributed by atoms with E-state index in [9.17, 15) is 9.59 Å². The Balaban J connectivity index is 2.02. The third-order valence-corrected chi connectivity index (χ3v) is 5.42. The Hall–Kier alpha value is -1.66. The molecule has 0 radical (unpaired) electrons. The number of aliphatic hydroxyl groups is 1. The first-order valence-corrected chi connectivity index (χ1v) is 8.88. The molecular formula is C17H20N2O3S. The van der Waals surface area contributed by atoms with Crippen LogP contribution >= 0.6 is 11.8 Å². The van der Waals surface area contributed by atoms with Gasteiger partial charge in [-0.25, -0.2) is 4.98 Å². The highest BCUT2D eigenvalue weighted by Crippen LogP contribution is 2.30. The number of hydrogen-bond donors (Lipinski definition) is 1. The summed E-state index contributed by atoms with van der Waals surface area (Å²) in [6.07, 6.45) is 3.95. The molecule has 23 heavy (non-hydrogen) atoms. The summed E-state index contributed by atoms with van der Waals surface area (Å²) in [5.74, 6) is 0.248. The molecule has 122 valence electrons. The van der Waals surface area contributed by atoms with Crippen LogP contribution in [0.5, 0.6) is 0 Å². The van der Waals surface area contributed by atoms with Crippen LogP contribution in [0.2, 0.25) is 0 Å². The Kier molecular flexibility index (Phi) is 5.13. The van der Waals surface area contributed by atoms with Crippen molar-refractivity contribution in [3.8, 4) is 0 Å². The third kappa shape index (κ3) is 3.48. The molecule has 0 bridgehead atoms. The standard InChI is InChI=1S/C17H20N2O3S/c20-11-5-10-19-16(22)12-6-1-2-7-13(12)18-17(19)23-15-9-4-3-8-14(15)21/h1-2,6-7,15,20H,3-5,8-11H2. The average molecular weight is 332 g/mol. The lowest BCUT2D eigenvalue weighted by Gasteiger charge is -2.21. The molecule has 5 nitrogen and oxygen atoms in total. The molecular weight excluding hydrogens is 312 g/mol. The molecule has 2 aromatic rings. The van der Waals surface area contributed by atoms with E-state index >= 15 is 0 Å². The van der Waals surface area contributed by atoms with Gasteiger partial charge in [0.05, 0.1) is 16.2 Å². The molecule has 6 heteroatoms. The largest absolute Gasteiger partial charge is 0.396 e. The zero-order chi connectivity index (χ0) is 16.2.